The number of esters is 1. The summed E-state index contributed by atoms with van der Waals surface area (Å²) in [5, 5.41) is 0. The molecule has 1 saturated heterocycles. The number of ether oxygens (including phenoxy) is 2. The number of carbonyl (C=O) groups excluding carboxylic acids is 1. The molecule has 3 rings (SSSR count). The van der Waals surface area contributed by atoms with Gasteiger partial charge in [0.25, 0.3) is 0 Å². The van der Waals surface area contributed by atoms with E-state index < -0.39 is 24.3 Å². The normalized spacial score (nSPS) is 22.2. The van der Waals surface area contributed by atoms with Gasteiger partial charge in [0, 0.05) is 0 Å². The lowest BCUT2D eigenvalue weighted by molar-refractivity contribution is 0.00578. The third-order valence-corrected chi connectivity index (χ3v) is 5.48. The monoisotopic (exact) mass is 346 g/mol. The molecule has 0 amide bonds. The zero-order chi connectivity index (χ0) is 18.2. The van der Waals surface area contributed by atoms with Crippen LogP contribution in [0.15, 0.2) is 18.2 Å². The lowest BCUT2D eigenvalue weighted by Gasteiger charge is -2.32. The maximum absolute atomic E-state index is 12.1. The number of hydrogen-bond acceptors (Lipinski definition) is 5. The van der Waals surface area contributed by atoms with E-state index in [-0.39, 0.29) is 6.10 Å². The lowest BCUT2D eigenvalue weighted by Crippen LogP contribution is -2.41. The maximum Gasteiger partial charge on any atom is 0.494 e. The average molecular weight is 346 g/mol. The minimum absolute atomic E-state index is 0.207. The fourth-order valence-electron chi connectivity index (χ4n) is 3.24. The van der Waals surface area contributed by atoms with Gasteiger partial charge in [-0.1, -0.05) is 0 Å². The lowest BCUT2D eigenvalue weighted by atomic mass is 9.78. The van der Waals surface area contributed by atoms with Gasteiger partial charge in [-0.05, 0) is 77.0 Å². The first kappa shape index (κ1) is 18.3. The van der Waals surface area contributed by atoms with Crippen molar-refractivity contribution < 1.29 is 23.6 Å². The molecular formula is C19H27BO5. The number of carbonyl (C=O) groups is 1. The van der Waals surface area contributed by atoms with Crippen LogP contribution in [0.2, 0.25) is 0 Å². The molecule has 0 spiro atoms. The second-order valence-electron chi connectivity index (χ2n) is 7.89. The summed E-state index contributed by atoms with van der Waals surface area (Å²) < 4.78 is 23.2. The molecule has 0 aromatic heterocycles. The van der Waals surface area contributed by atoms with Crippen molar-refractivity contribution in [3.05, 3.63) is 23.8 Å². The Balaban J connectivity index is 1.91. The first-order valence-corrected chi connectivity index (χ1v) is 8.97. The van der Waals surface area contributed by atoms with E-state index >= 15 is 0 Å². The van der Waals surface area contributed by atoms with Gasteiger partial charge in [0.1, 0.15) is 5.75 Å². The van der Waals surface area contributed by atoms with Crippen molar-refractivity contribution in [1.29, 1.82) is 0 Å². The second kappa shape index (κ2) is 6.65. The molecule has 25 heavy (non-hydrogen) atoms. The molecule has 0 unspecified atom stereocenters. The summed E-state index contributed by atoms with van der Waals surface area (Å²) in [5.41, 5.74) is 0.342. The fraction of sp³-hybridized carbons (Fsp3) is 0.632. The van der Waals surface area contributed by atoms with Crippen LogP contribution in [0.5, 0.6) is 5.75 Å². The van der Waals surface area contributed by atoms with Crippen molar-refractivity contribution in [2.24, 2.45) is 0 Å². The molecule has 5 nitrogen and oxygen atoms in total. The van der Waals surface area contributed by atoms with Crippen molar-refractivity contribution >= 4 is 18.6 Å². The van der Waals surface area contributed by atoms with Crippen LogP contribution in [0, 0.1) is 0 Å². The molecule has 0 bridgehead atoms. The largest absolute Gasteiger partial charge is 0.494 e. The highest BCUT2D eigenvalue weighted by Gasteiger charge is 2.51. The summed E-state index contributed by atoms with van der Waals surface area (Å²) in [6.45, 7) is 8.03. The van der Waals surface area contributed by atoms with Crippen molar-refractivity contribution in [3.63, 3.8) is 0 Å². The van der Waals surface area contributed by atoms with Crippen molar-refractivity contribution in [2.45, 2.75) is 70.7 Å². The van der Waals surface area contributed by atoms with E-state index in [4.69, 9.17) is 18.8 Å². The van der Waals surface area contributed by atoms with E-state index in [2.05, 4.69) is 0 Å². The van der Waals surface area contributed by atoms with Gasteiger partial charge in [0.05, 0.1) is 30.0 Å². The third kappa shape index (κ3) is 3.70. The van der Waals surface area contributed by atoms with Gasteiger partial charge < -0.3 is 18.8 Å². The van der Waals surface area contributed by atoms with E-state index in [1.54, 1.807) is 12.1 Å². The van der Waals surface area contributed by atoms with Crippen LogP contribution < -0.4 is 10.2 Å². The molecule has 1 aliphatic heterocycles. The van der Waals surface area contributed by atoms with E-state index in [9.17, 15) is 4.79 Å². The van der Waals surface area contributed by atoms with E-state index in [1.165, 1.54) is 20.0 Å². The zero-order valence-corrected chi connectivity index (χ0v) is 15.8. The number of rotatable bonds is 4. The van der Waals surface area contributed by atoms with Gasteiger partial charge in [0.2, 0.25) is 0 Å². The van der Waals surface area contributed by atoms with Crippen molar-refractivity contribution in [1.82, 2.24) is 0 Å². The van der Waals surface area contributed by atoms with E-state index in [0.717, 1.165) is 18.3 Å². The summed E-state index contributed by atoms with van der Waals surface area (Å²) in [6.07, 6.45) is 4.68. The Morgan fingerprint density at radius 1 is 1.08 bits per heavy atom. The molecule has 2 fully saturated rings. The summed E-state index contributed by atoms with van der Waals surface area (Å²) in [7, 11) is 0.835. The second-order valence-corrected chi connectivity index (χ2v) is 7.89. The fourth-order valence-corrected chi connectivity index (χ4v) is 3.24. The first-order chi connectivity index (χ1) is 11.7. The van der Waals surface area contributed by atoms with Crippen LogP contribution in [0.25, 0.3) is 0 Å². The number of benzene rings is 1. The van der Waals surface area contributed by atoms with E-state index in [0.29, 0.717) is 11.3 Å². The smallest absolute Gasteiger partial charge is 0.490 e. The SMILES string of the molecule is COC(=O)c1cc(OC2CCCC2)cc(B2OC(C)(C)C(C)(C)O2)c1. The van der Waals surface area contributed by atoms with Gasteiger partial charge in [-0.3, -0.25) is 0 Å². The molecule has 0 atom stereocenters. The van der Waals surface area contributed by atoms with Gasteiger partial charge in [-0.2, -0.15) is 0 Å². The minimum Gasteiger partial charge on any atom is -0.490 e. The standard InChI is InChI=1S/C19H27BO5/c1-18(2)19(3,4)25-20(24-18)14-10-13(17(21)22-5)11-16(12-14)23-15-8-6-7-9-15/h10-12,15H,6-9H2,1-5H3. The highest BCUT2D eigenvalue weighted by atomic mass is 16.7. The Morgan fingerprint density at radius 3 is 2.24 bits per heavy atom. The molecule has 1 heterocycles. The predicted molar refractivity (Wildman–Crippen MR) is 96.4 cm³/mol. The zero-order valence-electron chi connectivity index (χ0n) is 15.8. The van der Waals surface area contributed by atoms with Crippen molar-refractivity contribution in [2.75, 3.05) is 7.11 Å². The Kier molecular flexibility index (Phi) is 4.86. The number of methoxy groups -OCH3 is 1. The maximum atomic E-state index is 12.1. The summed E-state index contributed by atoms with van der Waals surface area (Å²) >= 11 is 0. The van der Waals surface area contributed by atoms with Crippen LogP contribution >= 0.6 is 0 Å². The molecule has 1 saturated carbocycles. The van der Waals surface area contributed by atoms with Gasteiger partial charge in [0.15, 0.2) is 0 Å². The minimum atomic E-state index is -0.541. The van der Waals surface area contributed by atoms with Crippen LogP contribution in [0.3, 0.4) is 0 Å². The molecule has 2 aliphatic rings. The molecule has 0 N–H and O–H groups in total. The highest BCUT2D eigenvalue weighted by Crippen LogP contribution is 2.37. The van der Waals surface area contributed by atoms with Crippen LogP contribution in [-0.4, -0.2) is 37.5 Å². The Morgan fingerprint density at radius 2 is 1.68 bits per heavy atom. The first-order valence-electron chi connectivity index (χ1n) is 8.97. The topological polar surface area (TPSA) is 54.0 Å². The van der Waals surface area contributed by atoms with Crippen LogP contribution in [0.4, 0.5) is 0 Å². The van der Waals surface area contributed by atoms with Crippen molar-refractivity contribution in [3.8, 4) is 5.75 Å². The molecule has 1 aliphatic carbocycles. The Hall–Kier alpha value is -1.53. The van der Waals surface area contributed by atoms with Gasteiger partial charge in [-0.25, -0.2) is 4.79 Å². The van der Waals surface area contributed by atoms with Gasteiger partial charge >= 0.3 is 13.1 Å². The van der Waals surface area contributed by atoms with Crippen LogP contribution in [-0.2, 0) is 14.0 Å². The number of hydrogen-bond donors (Lipinski definition) is 0. The highest BCUT2D eigenvalue weighted by molar-refractivity contribution is 6.62. The average Bonchev–Trinajstić information content (AvgIpc) is 3.12. The molecule has 0 radical (unpaired) electrons. The quantitative estimate of drug-likeness (QED) is 0.619. The predicted octanol–water partition coefficient (Wildman–Crippen LogP) is 3.09. The third-order valence-electron chi connectivity index (χ3n) is 5.48. The molecular weight excluding hydrogens is 319 g/mol. The molecule has 1 aromatic carbocycles. The summed E-state index contributed by atoms with van der Waals surface area (Å²) in [4.78, 5) is 12.1. The van der Waals surface area contributed by atoms with Crippen LogP contribution in [0.1, 0.15) is 63.7 Å². The molecule has 6 heteroatoms. The summed E-state index contributed by atoms with van der Waals surface area (Å²) in [5.74, 6) is 0.272. The van der Waals surface area contributed by atoms with E-state index in [1.807, 2.05) is 33.8 Å². The molecule has 136 valence electrons. The Bertz CT molecular complexity index is 633. The molecule has 1 aromatic rings. The van der Waals surface area contributed by atoms with Gasteiger partial charge in [-0.15, -0.1) is 0 Å². The Labute approximate surface area is 150 Å². The summed E-state index contributed by atoms with van der Waals surface area (Å²) in [6, 6.07) is 5.40.